The molecule has 45 heavy (non-hydrogen) atoms. The lowest BCUT2D eigenvalue weighted by atomic mass is 9.49. The van der Waals surface area contributed by atoms with Gasteiger partial charge in [-0.1, -0.05) is 27.7 Å². The van der Waals surface area contributed by atoms with Crippen LogP contribution in [0.5, 0.6) is 11.5 Å². The summed E-state index contributed by atoms with van der Waals surface area (Å²) in [7, 11) is -4.34. The largest absolute Gasteiger partial charge is 0.493 e. The molecule has 0 radical (unpaired) electrons. The minimum atomic E-state index is -4.34. The van der Waals surface area contributed by atoms with Crippen LogP contribution < -0.4 is 9.47 Å². The third-order valence-electron chi connectivity index (χ3n) is 11.3. The van der Waals surface area contributed by atoms with Crippen LogP contribution >= 0.6 is 0 Å². The van der Waals surface area contributed by atoms with Crippen LogP contribution in [0.15, 0.2) is 35.2 Å². The van der Waals surface area contributed by atoms with Crippen molar-refractivity contribution in [3.05, 3.63) is 52.8 Å². The van der Waals surface area contributed by atoms with Crippen molar-refractivity contribution in [2.75, 3.05) is 6.61 Å². The molecule has 5 saturated carbocycles. The summed E-state index contributed by atoms with van der Waals surface area (Å²) in [6.45, 7) is 10.3. The molecule has 0 spiro atoms. The molecule has 0 aliphatic heterocycles. The molecular formula is C36H47FO7S. The number of esters is 1. The number of carbonyl (C=O) groups is 1. The second kappa shape index (κ2) is 11.9. The Morgan fingerprint density at radius 2 is 1.67 bits per heavy atom. The first-order valence-electron chi connectivity index (χ1n) is 16.6. The van der Waals surface area contributed by atoms with Crippen LogP contribution in [0, 0.1) is 41.8 Å². The lowest BCUT2D eigenvalue weighted by Crippen LogP contribution is -2.56. The summed E-state index contributed by atoms with van der Waals surface area (Å²) in [6.07, 6.45) is 8.58. The van der Waals surface area contributed by atoms with E-state index in [9.17, 15) is 22.2 Å². The molecule has 5 fully saturated rings. The Bertz CT molecular complexity index is 1540. The van der Waals surface area contributed by atoms with Crippen LogP contribution in [0.3, 0.4) is 0 Å². The molecule has 7 nitrogen and oxygen atoms in total. The van der Waals surface area contributed by atoms with Crippen LogP contribution in [0.4, 0.5) is 4.39 Å². The van der Waals surface area contributed by atoms with E-state index in [2.05, 4.69) is 13.8 Å². The van der Waals surface area contributed by atoms with Crippen LogP contribution in [0.2, 0.25) is 0 Å². The van der Waals surface area contributed by atoms with Gasteiger partial charge in [-0.2, -0.15) is 8.42 Å². The van der Waals surface area contributed by atoms with E-state index in [1.54, 1.807) is 13.0 Å². The highest BCUT2D eigenvalue weighted by molar-refractivity contribution is 7.85. The van der Waals surface area contributed by atoms with Gasteiger partial charge in [0.05, 0.1) is 17.1 Å². The number of benzene rings is 2. The highest BCUT2D eigenvalue weighted by Gasteiger charge is 2.57. The van der Waals surface area contributed by atoms with E-state index in [0.717, 1.165) is 57.8 Å². The quantitative estimate of drug-likeness (QED) is 0.206. The number of halogens is 1. The zero-order valence-electron chi connectivity index (χ0n) is 27.1. The second-order valence-electron chi connectivity index (χ2n) is 15.1. The number of ether oxygens (including phenoxy) is 3. The van der Waals surface area contributed by atoms with E-state index in [1.165, 1.54) is 24.3 Å². The van der Waals surface area contributed by atoms with E-state index >= 15 is 0 Å². The third-order valence-corrected chi connectivity index (χ3v) is 12.2. The van der Waals surface area contributed by atoms with Crippen LogP contribution in [0.1, 0.15) is 113 Å². The van der Waals surface area contributed by atoms with E-state index in [4.69, 9.17) is 14.2 Å². The minimum Gasteiger partial charge on any atom is -0.493 e. The maximum Gasteiger partial charge on any atom is 0.338 e. The lowest BCUT2D eigenvalue weighted by molar-refractivity contribution is -0.148. The fourth-order valence-corrected chi connectivity index (χ4v) is 10.1. The number of hydrogen-bond acceptors (Lipinski definition) is 6. The normalized spacial score (nSPS) is 28.6. The maximum atomic E-state index is 14.9. The summed E-state index contributed by atoms with van der Waals surface area (Å²) < 4.78 is 67.6. The van der Waals surface area contributed by atoms with Gasteiger partial charge in [0.2, 0.25) is 0 Å². The highest BCUT2D eigenvalue weighted by Crippen LogP contribution is 2.61. The molecule has 1 N–H and O–H groups in total. The molecule has 0 heterocycles. The van der Waals surface area contributed by atoms with Crippen molar-refractivity contribution < 1.29 is 36.4 Å². The van der Waals surface area contributed by atoms with Crippen molar-refractivity contribution in [2.45, 2.75) is 115 Å². The third kappa shape index (κ3) is 6.23. The fourth-order valence-electron chi connectivity index (χ4n) is 9.14. The summed E-state index contributed by atoms with van der Waals surface area (Å²) in [5.41, 5.74) is 1.08. The van der Waals surface area contributed by atoms with Crippen molar-refractivity contribution in [1.29, 1.82) is 0 Å². The molecule has 0 aromatic heterocycles. The monoisotopic (exact) mass is 642 g/mol. The lowest BCUT2D eigenvalue weighted by Gasteiger charge is -2.59. The van der Waals surface area contributed by atoms with Crippen molar-refractivity contribution in [3.8, 4) is 11.5 Å². The Morgan fingerprint density at radius 1 is 1.00 bits per heavy atom. The maximum absolute atomic E-state index is 14.9. The first-order valence-corrected chi connectivity index (χ1v) is 18.1. The summed E-state index contributed by atoms with van der Waals surface area (Å²) in [4.78, 5) is 13.4. The molecule has 2 unspecified atom stereocenters. The van der Waals surface area contributed by atoms with Gasteiger partial charge in [0.15, 0.2) is 11.6 Å². The Balaban J connectivity index is 1.15. The van der Waals surface area contributed by atoms with Crippen molar-refractivity contribution in [1.82, 2.24) is 0 Å². The van der Waals surface area contributed by atoms with Gasteiger partial charge >= 0.3 is 5.97 Å². The Kier molecular flexibility index (Phi) is 8.51. The molecule has 5 aliphatic carbocycles. The summed E-state index contributed by atoms with van der Waals surface area (Å²) >= 11 is 0. The molecule has 2 aromatic carbocycles. The molecule has 7 rings (SSSR count). The molecule has 9 heteroatoms. The standard InChI is InChI=1S/C36H47FO7S/c1-21(2)28-16-30(23(5)12-32(28)45(39,40)41)42-20-35-17-24-13-26(18-35)33(27(14-24)19-35)43-34(38)25-8-9-29(37)31(15-25)44-36(22(3)4)10-6-7-11-36/h8-9,12,15-16,21-22,24,26-27,33H,6-7,10-11,13-14,17-20H2,1-5H3,(H,39,40,41). The van der Waals surface area contributed by atoms with E-state index in [1.807, 2.05) is 13.8 Å². The first kappa shape index (κ1) is 32.3. The van der Waals surface area contributed by atoms with Gasteiger partial charge in [0, 0.05) is 5.41 Å². The number of carbonyl (C=O) groups excluding carboxylic acids is 1. The van der Waals surface area contributed by atoms with Crippen LogP contribution in [-0.2, 0) is 14.9 Å². The molecule has 2 atom stereocenters. The summed E-state index contributed by atoms with van der Waals surface area (Å²) in [5, 5.41) is 0. The van der Waals surface area contributed by atoms with Gasteiger partial charge in [0.1, 0.15) is 17.5 Å². The van der Waals surface area contributed by atoms with Gasteiger partial charge < -0.3 is 14.2 Å². The zero-order chi connectivity index (χ0) is 32.3. The average molecular weight is 643 g/mol. The molecule has 0 amide bonds. The topological polar surface area (TPSA) is 99.1 Å². The molecule has 246 valence electrons. The second-order valence-corrected chi connectivity index (χ2v) is 16.5. The predicted molar refractivity (Wildman–Crippen MR) is 169 cm³/mol. The minimum absolute atomic E-state index is 0.0328. The van der Waals surface area contributed by atoms with Gasteiger partial charge in [-0.15, -0.1) is 0 Å². The van der Waals surface area contributed by atoms with E-state index in [-0.39, 0.29) is 45.8 Å². The Labute approximate surface area is 267 Å². The predicted octanol–water partition coefficient (Wildman–Crippen LogP) is 8.28. The Hall–Kier alpha value is -2.65. The van der Waals surface area contributed by atoms with Crippen LogP contribution in [0.25, 0.3) is 0 Å². The smallest absolute Gasteiger partial charge is 0.338 e. The summed E-state index contributed by atoms with van der Waals surface area (Å²) in [6, 6.07) is 7.58. The summed E-state index contributed by atoms with van der Waals surface area (Å²) in [5.74, 6) is 1.02. The number of aryl methyl sites for hydroxylation is 1. The molecule has 0 saturated heterocycles. The number of rotatable bonds is 10. The van der Waals surface area contributed by atoms with Gasteiger partial charge in [-0.25, -0.2) is 9.18 Å². The SMILES string of the molecule is Cc1cc(S(=O)(=O)O)c(C(C)C)cc1OCC12CC3CC(C1)C(OC(=O)c1ccc(F)c(OC4(C(C)C)CCCC4)c1)C(C3)C2. The molecule has 5 aliphatic rings. The van der Waals surface area contributed by atoms with Crippen molar-refractivity contribution in [2.24, 2.45) is 29.1 Å². The average Bonchev–Trinajstić information content (AvgIpc) is 3.44. The van der Waals surface area contributed by atoms with Gasteiger partial charge in [-0.05, 0) is 136 Å². The van der Waals surface area contributed by atoms with Crippen LogP contribution in [-0.4, -0.2) is 37.3 Å². The molecule has 2 aromatic rings. The number of hydrogen-bond donors (Lipinski definition) is 1. The fraction of sp³-hybridized carbons (Fsp3) is 0.639. The van der Waals surface area contributed by atoms with E-state index in [0.29, 0.717) is 35.0 Å². The van der Waals surface area contributed by atoms with Gasteiger partial charge in [0.25, 0.3) is 10.1 Å². The van der Waals surface area contributed by atoms with Crippen molar-refractivity contribution in [3.63, 3.8) is 0 Å². The first-order chi connectivity index (χ1) is 21.2. The zero-order valence-corrected chi connectivity index (χ0v) is 27.9. The highest BCUT2D eigenvalue weighted by atomic mass is 32.2. The molecule has 4 bridgehead atoms. The van der Waals surface area contributed by atoms with Crippen molar-refractivity contribution >= 4 is 16.1 Å². The molecular weight excluding hydrogens is 595 g/mol. The van der Waals surface area contributed by atoms with E-state index < -0.39 is 27.5 Å². The Morgan fingerprint density at radius 3 is 2.27 bits per heavy atom. The van der Waals surface area contributed by atoms with Gasteiger partial charge in [-0.3, -0.25) is 4.55 Å².